The molecule has 5 rings (SSSR count). The van der Waals surface area contributed by atoms with Crippen molar-refractivity contribution in [3.8, 4) is 11.5 Å². The van der Waals surface area contributed by atoms with Gasteiger partial charge in [-0.1, -0.05) is 6.07 Å². The first-order valence-corrected chi connectivity index (χ1v) is 17.2. The van der Waals surface area contributed by atoms with E-state index in [2.05, 4.69) is 26.6 Å². The third kappa shape index (κ3) is 6.85. The number of alkyl halides is 3. The molecule has 0 aromatic heterocycles. The smallest absolute Gasteiger partial charge is 0.496 e. The van der Waals surface area contributed by atoms with E-state index >= 15 is 0 Å². The summed E-state index contributed by atoms with van der Waals surface area (Å²) in [6.07, 6.45) is 4.55. The maximum Gasteiger partial charge on any atom is 0.501 e. The van der Waals surface area contributed by atoms with Crippen molar-refractivity contribution in [3.63, 3.8) is 0 Å². The number of hydrogen-bond acceptors (Lipinski definition) is 8. The SMILES string of the molecule is COC(=O)C1CCC(Oc2cc(C(=O)NC3C4CCC(C4)C3C(=O)Nc3cccc(S(=O)(=O)C(F)(F)F)c3)c(OC)cc2Br)CC1. The number of halogens is 4. The van der Waals surface area contributed by atoms with Gasteiger partial charge in [0, 0.05) is 11.7 Å². The average molecular weight is 732 g/mol. The molecule has 2 amide bonds. The Morgan fingerprint density at radius 3 is 2.28 bits per heavy atom. The van der Waals surface area contributed by atoms with Crippen molar-refractivity contribution < 1.29 is 50.2 Å². The summed E-state index contributed by atoms with van der Waals surface area (Å²) in [6.45, 7) is 0. The number of nitrogens with one attached hydrogen (secondary N) is 2. The zero-order valence-corrected chi connectivity index (χ0v) is 27.5. The summed E-state index contributed by atoms with van der Waals surface area (Å²) in [5, 5.41) is 5.57. The molecule has 0 aliphatic heterocycles. The normalized spacial score (nSPS) is 25.9. The molecule has 3 fully saturated rings. The number of hydrogen-bond donors (Lipinski definition) is 2. The monoisotopic (exact) mass is 730 g/mol. The van der Waals surface area contributed by atoms with Gasteiger partial charge in [0.2, 0.25) is 5.91 Å². The molecule has 3 aliphatic rings. The summed E-state index contributed by atoms with van der Waals surface area (Å²) in [5.41, 5.74) is -5.39. The van der Waals surface area contributed by atoms with Gasteiger partial charge in [0.1, 0.15) is 11.5 Å². The Morgan fingerprint density at radius 1 is 0.935 bits per heavy atom. The molecule has 4 unspecified atom stereocenters. The number of benzene rings is 2. The van der Waals surface area contributed by atoms with E-state index in [0.29, 0.717) is 42.3 Å². The molecular formula is C31H34BrF3N2O8S. The van der Waals surface area contributed by atoms with E-state index in [0.717, 1.165) is 31.0 Å². The van der Waals surface area contributed by atoms with Gasteiger partial charge in [0.15, 0.2) is 0 Å². The molecule has 0 radical (unpaired) electrons. The number of carbonyl (C=O) groups excluding carboxylic acids is 3. The van der Waals surface area contributed by atoms with E-state index < -0.39 is 44.0 Å². The summed E-state index contributed by atoms with van der Waals surface area (Å²) in [5.74, 6) is -1.47. The summed E-state index contributed by atoms with van der Waals surface area (Å²) in [6, 6.07) is 6.65. The first-order valence-electron chi connectivity index (χ1n) is 14.9. The lowest BCUT2D eigenvalue weighted by Crippen LogP contribution is -2.48. The van der Waals surface area contributed by atoms with Gasteiger partial charge in [0.25, 0.3) is 15.7 Å². The van der Waals surface area contributed by atoms with Crippen LogP contribution in [0.1, 0.15) is 55.3 Å². The largest absolute Gasteiger partial charge is 0.501 e. The quantitative estimate of drug-likeness (QED) is 0.316. The van der Waals surface area contributed by atoms with E-state index in [4.69, 9.17) is 14.2 Å². The van der Waals surface area contributed by atoms with Gasteiger partial charge >= 0.3 is 11.5 Å². The summed E-state index contributed by atoms with van der Waals surface area (Å²) in [4.78, 5) is 38.1. The van der Waals surface area contributed by atoms with Crippen LogP contribution in [0.3, 0.4) is 0 Å². The van der Waals surface area contributed by atoms with E-state index in [1.807, 2.05) is 0 Å². The minimum atomic E-state index is -5.60. The number of esters is 1. The fraction of sp³-hybridized carbons (Fsp3) is 0.516. The predicted molar refractivity (Wildman–Crippen MR) is 163 cm³/mol. The zero-order valence-electron chi connectivity index (χ0n) is 25.1. The minimum absolute atomic E-state index is 0.00352. The van der Waals surface area contributed by atoms with E-state index in [1.54, 1.807) is 12.1 Å². The molecule has 2 N–H and O–H groups in total. The van der Waals surface area contributed by atoms with Crippen LogP contribution in [0.4, 0.5) is 18.9 Å². The molecule has 3 aliphatic carbocycles. The standard InChI is InChI=1S/C31H34BrF3N2O8S/c1-43-24-15-23(32)25(45-20-10-8-16(9-11-20)30(40)44-2)14-22(24)28(38)37-27-18-7-6-17(12-18)26(27)29(39)36-19-4-3-5-21(13-19)46(41,42)31(33,34)35/h3-5,13-18,20,26-27H,6-12H2,1-2H3,(H,36,39)(H,37,38). The summed E-state index contributed by atoms with van der Waals surface area (Å²) >= 11 is 3.48. The highest BCUT2D eigenvalue weighted by atomic mass is 79.9. The van der Waals surface area contributed by atoms with Gasteiger partial charge < -0.3 is 24.8 Å². The number of anilines is 1. The van der Waals surface area contributed by atoms with Crippen molar-refractivity contribution in [1.82, 2.24) is 5.32 Å². The number of sulfone groups is 1. The lowest BCUT2D eigenvalue weighted by atomic mass is 9.83. The second-order valence-electron chi connectivity index (χ2n) is 11.9. The Morgan fingerprint density at radius 2 is 1.63 bits per heavy atom. The van der Waals surface area contributed by atoms with Gasteiger partial charge in [-0.05, 0) is 103 Å². The first-order chi connectivity index (χ1) is 21.7. The second-order valence-corrected chi connectivity index (χ2v) is 14.7. The fourth-order valence-corrected chi connectivity index (χ4v) is 8.16. The first kappa shape index (κ1) is 34.0. The number of methoxy groups -OCH3 is 2. The van der Waals surface area contributed by atoms with Crippen LogP contribution in [0.2, 0.25) is 0 Å². The van der Waals surface area contributed by atoms with Crippen molar-refractivity contribution in [1.29, 1.82) is 0 Å². The molecule has 250 valence electrons. The molecule has 0 spiro atoms. The van der Waals surface area contributed by atoms with Crippen molar-refractivity contribution in [2.24, 2.45) is 23.7 Å². The van der Waals surface area contributed by atoms with Crippen LogP contribution in [0.5, 0.6) is 11.5 Å². The van der Waals surface area contributed by atoms with Crippen molar-refractivity contribution in [3.05, 3.63) is 46.4 Å². The molecule has 2 bridgehead atoms. The molecular weight excluding hydrogens is 697 g/mol. The third-order valence-electron chi connectivity index (χ3n) is 9.23. The maximum atomic E-state index is 13.7. The molecule has 15 heteroatoms. The molecule has 2 aromatic rings. The lowest BCUT2D eigenvalue weighted by Gasteiger charge is -2.31. The van der Waals surface area contributed by atoms with Gasteiger partial charge in [-0.2, -0.15) is 13.2 Å². The number of ether oxygens (including phenoxy) is 3. The summed E-state index contributed by atoms with van der Waals surface area (Å²) in [7, 11) is -2.81. The van der Waals surface area contributed by atoms with Crippen LogP contribution in [0.15, 0.2) is 45.8 Å². The van der Waals surface area contributed by atoms with Crippen molar-refractivity contribution in [2.75, 3.05) is 19.5 Å². The van der Waals surface area contributed by atoms with Gasteiger partial charge in [-0.3, -0.25) is 14.4 Å². The van der Waals surface area contributed by atoms with E-state index in [-0.39, 0.29) is 46.8 Å². The average Bonchev–Trinajstić information content (AvgIpc) is 3.63. The topological polar surface area (TPSA) is 137 Å². The van der Waals surface area contributed by atoms with Crippen LogP contribution < -0.4 is 20.1 Å². The Bertz CT molecular complexity index is 1610. The predicted octanol–water partition coefficient (Wildman–Crippen LogP) is 5.65. The van der Waals surface area contributed by atoms with Crippen LogP contribution >= 0.6 is 15.9 Å². The van der Waals surface area contributed by atoms with Crippen molar-refractivity contribution >= 4 is 49.2 Å². The lowest BCUT2D eigenvalue weighted by molar-refractivity contribution is -0.147. The molecule has 0 heterocycles. The van der Waals surface area contributed by atoms with Crippen LogP contribution in [0.25, 0.3) is 0 Å². The second kappa shape index (κ2) is 13.4. The van der Waals surface area contributed by atoms with Crippen molar-refractivity contribution in [2.45, 2.75) is 67.5 Å². The van der Waals surface area contributed by atoms with E-state index in [1.165, 1.54) is 20.3 Å². The minimum Gasteiger partial charge on any atom is -0.496 e. The molecule has 3 saturated carbocycles. The Hall–Kier alpha value is -3.33. The molecule has 4 atom stereocenters. The van der Waals surface area contributed by atoms with Gasteiger partial charge in [0.05, 0.1) is 47.1 Å². The van der Waals surface area contributed by atoms with Crippen LogP contribution in [-0.2, 0) is 24.2 Å². The highest BCUT2D eigenvalue weighted by Crippen LogP contribution is 2.49. The Balaban J connectivity index is 1.31. The number of rotatable bonds is 9. The third-order valence-corrected chi connectivity index (χ3v) is 11.3. The van der Waals surface area contributed by atoms with Crippen LogP contribution in [-0.4, -0.2) is 58.1 Å². The van der Waals surface area contributed by atoms with E-state index in [9.17, 15) is 36.0 Å². The summed E-state index contributed by atoms with van der Waals surface area (Å²) < 4.78 is 80.2. The van der Waals surface area contributed by atoms with Gasteiger partial charge in [-0.25, -0.2) is 8.42 Å². The molecule has 46 heavy (non-hydrogen) atoms. The fourth-order valence-electron chi connectivity index (χ4n) is 6.94. The Labute approximate surface area is 272 Å². The molecule has 2 aromatic carbocycles. The molecule has 10 nitrogen and oxygen atoms in total. The Kier molecular flexibility index (Phi) is 9.92. The highest BCUT2D eigenvalue weighted by molar-refractivity contribution is 9.10. The zero-order chi connectivity index (χ0) is 33.4. The van der Waals surface area contributed by atoms with Crippen LogP contribution in [0, 0.1) is 23.7 Å². The number of amides is 2. The van der Waals surface area contributed by atoms with Gasteiger partial charge in [-0.15, -0.1) is 0 Å². The maximum absolute atomic E-state index is 13.7. The highest BCUT2D eigenvalue weighted by Gasteiger charge is 2.52. The number of carbonyl (C=O) groups is 3. The molecule has 0 saturated heterocycles. The number of fused-ring (bicyclic) bond motifs is 2.